The zero-order valence-electron chi connectivity index (χ0n) is 16.1. The summed E-state index contributed by atoms with van der Waals surface area (Å²) in [6.07, 6.45) is 0.893. The number of rotatable bonds is 4. The number of benzene rings is 2. The Kier molecular flexibility index (Phi) is 5.57. The predicted molar refractivity (Wildman–Crippen MR) is 108 cm³/mol. The highest BCUT2D eigenvalue weighted by molar-refractivity contribution is 6.33. The van der Waals surface area contributed by atoms with Crippen molar-refractivity contribution in [3.8, 4) is 16.9 Å². The van der Waals surface area contributed by atoms with Gasteiger partial charge in [-0.25, -0.2) is 9.18 Å². The fourth-order valence-corrected chi connectivity index (χ4v) is 3.05. The number of halogens is 2. The molecule has 3 rings (SSSR count). The van der Waals surface area contributed by atoms with E-state index < -0.39 is 17.7 Å². The van der Waals surface area contributed by atoms with Crippen molar-refractivity contribution >= 4 is 28.5 Å². The number of pyridine rings is 1. The molecule has 6 heteroatoms. The van der Waals surface area contributed by atoms with E-state index in [1.54, 1.807) is 52.1 Å². The molecule has 0 saturated heterocycles. The van der Waals surface area contributed by atoms with Crippen molar-refractivity contribution in [2.75, 3.05) is 0 Å². The lowest BCUT2D eigenvalue weighted by molar-refractivity contribution is -0.162. The maximum absolute atomic E-state index is 13.4. The molecule has 0 saturated carbocycles. The predicted octanol–water partition coefficient (Wildman–Crippen LogP) is 5.80. The average molecular weight is 402 g/mol. The minimum atomic E-state index is -0.758. The summed E-state index contributed by atoms with van der Waals surface area (Å²) >= 11 is 6.22. The maximum atomic E-state index is 13.4. The summed E-state index contributed by atoms with van der Waals surface area (Å²) in [4.78, 5) is 16.5. The van der Waals surface area contributed by atoms with Gasteiger partial charge in [-0.15, -0.1) is 0 Å². The lowest BCUT2D eigenvalue weighted by Gasteiger charge is -2.22. The third-order valence-electron chi connectivity index (χ3n) is 3.99. The number of carbonyl (C=O) groups is 1. The van der Waals surface area contributed by atoms with E-state index in [0.717, 1.165) is 10.9 Å². The van der Waals surface area contributed by atoms with Gasteiger partial charge in [0.15, 0.2) is 6.10 Å². The zero-order valence-corrected chi connectivity index (χ0v) is 16.9. The van der Waals surface area contributed by atoms with E-state index in [0.29, 0.717) is 21.9 Å². The van der Waals surface area contributed by atoms with Crippen LogP contribution in [0, 0.1) is 5.82 Å². The fraction of sp³-hybridized carbons (Fsp3) is 0.273. The van der Waals surface area contributed by atoms with Crippen LogP contribution in [0.25, 0.3) is 22.0 Å². The molecule has 0 aliphatic rings. The second kappa shape index (κ2) is 7.76. The van der Waals surface area contributed by atoms with Crippen LogP contribution >= 0.6 is 11.6 Å². The summed E-state index contributed by atoms with van der Waals surface area (Å²) in [6, 6.07) is 11.5. The van der Waals surface area contributed by atoms with Crippen molar-refractivity contribution in [2.45, 2.75) is 39.4 Å². The number of hydrogen-bond acceptors (Lipinski definition) is 4. The molecule has 0 spiro atoms. The molecule has 0 bridgehead atoms. The molecule has 0 N–H and O–H groups in total. The van der Waals surface area contributed by atoms with Crippen LogP contribution in [0.1, 0.15) is 27.7 Å². The minimum Gasteiger partial charge on any atom is -0.479 e. The van der Waals surface area contributed by atoms with Gasteiger partial charge in [-0.3, -0.25) is 4.98 Å². The highest BCUT2D eigenvalue weighted by Gasteiger charge is 2.23. The minimum absolute atomic E-state index is 0.325. The van der Waals surface area contributed by atoms with Crippen molar-refractivity contribution in [2.24, 2.45) is 0 Å². The van der Waals surface area contributed by atoms with Gasteiger partial charge in [-0.1, -0.05) is 11.6 Å². The number of ether oxygens (including phenoxy) is 2. The average Bonchev–Trinajstić information content (AvgIpc) is 2.60. The van der Waals surface area contributed by atoms with Gasteiger partial charge in [-0.2, -0.15) is 0 Å². The molecule has 0 amide bonds. The lowest BCUT2D eigenvalue weighted by Crippen LogP contribution is -2.33. The van der Waals surface area contributed by atoms with Gasteiger partial charge in [-0.05, 0) is 69.7 Å². The van der Waals surface area contributed by atoms with E-state index >= 15 is 0 Å². The summed E-state index contributed by atoms with van der Waals surface area (Å²) in [5, 5.41) is 1.17. The van der Waals surface area contributed by atoms with Crippen molar-refractivity contribution in [3.05, 3.63) is 59.5 Å². The Morgan fingerprint density at radius 1 is 1.11 bits per heavy atom. The number of nitrogens with zero attached hydrogens (tertiary/aromatic N) is 1. The van der Waals surface area contributed by atoms with E-state index in [1.807, 2.05) is 12.1 Å². The van der Waals surface area contributed by atoms with Crippen LogP contribution in [0.5, 0.6) is 5.75 Å². The van der Waals surface area contributed by atoms with Crippen LogP contribution in [0.15, 0.2) is 48.7 Å². The van der Waals surface area contributed by atoms with Crippen LogP contribution in [0.4, 0.5) is 4.39 Å². The first-order valence-electron chi connectivity index (χ1n) is 8.88. The molecule has 0 radical (unpaired) electrons. The van der Waals surface area contributed by atoms with E-state index in [1.165, 1.54) is 12.1 Å². The third-order valence-corrected chi connectivity index (χ3v) is 4.30. The first-order valence-corrected chi connectivity index (χ1v) is 9.25. The molecule has 0 unspecified atom stereocenters. The molecule has 146 valence electrons. The quantitative estimate of drug-likeness (QED) is 0.518. The summed E-state index contributed by atoms with van der Waals surface area (Å²) in [5.74, 6) is -0.327. The van der Waals surface area contributed by atoms with Crippen LogP contribution in [-0.2, 0) is 9.53 Å². The summed E-state index contributed by atoms with van der Waals surface area (Å²) in [6.45, 7) is 7.05. The number of aromatic nitrogens is 1. The first kappa shape index (κ1) is 20.1. The molecule has 28 heavy (non-hydrogen) atoms. The van der Waals surface area contributed by atoms with Gasteiger partial charge in [0.1, 0.15) is 17.2 Å². The Morgan fingerprint density at radius 2 is 1.86 bits per heavy atom. The summed E-state index contributed by atoms with van der Waals surface area (Å²) in [7, 11) is 0. The topological polar surface area (TPSA) is 48.4 Å². The van der Waals surface area contributed by atoms with Crippen LogP contribution in [0.3, 0.4) is 0 Å². The van der Waals surface area contributed by atoms with Gasteiger partial charge in [0.05, 0.1) is 10.5 Å². The Morgan fingerprint density at radius 3 is 2.54 bits per heavy atom. The molecule has 2 aromatic carbocycles. The van der Waals surface area contributed by atoms with E-state index in [2.05, 4.69) is 4.98 Å². The van der Waals surface area contributed by atoms with Gasteiger partial charge in [0.2, 0.25) is 0 Å². The van der Waals surface area contributed by atoms with E-state index in [9.17, 15) is 9.18 Å². The fourth-order valence-electron chi connectivity index (χ4n) is 2.78. The Bertz CT molecular complexity index is 1030. The van der Waals surface area contributed by atoms with E-state index in [-0.39, 0.29) is 5.82 Å². The highest BCUT2D eigenvalue weighted by atomic mass is 35.5. The van der Waals surface area contributed by atoms with Gasteiger partial charge in [0.25, 0.3) is 0 Å². The van der Waals surface area contributed by atoms with Crippen LogP contribution < -0.4 is 4.74 Å². The summed E-state index contributed by atoms with van der Waals surface area (Å²) in [5.41, 5.74) is 1.64. The van der Waals surface area contributed by atoms with Gasteiger partial charge >= 0.3 is 5.97 Å². The SMILES string of the molecule is C[C@@H](Oc1ccc2c(-c3ccc(F)cc3Cl)ccnc2c1)C(=O)OC(C)(C)C. The zero-order chi connectivity index (χ0) is 20.5. The molecule has 1 atom stereocenters. The molecule has 4 nitrogen and oxygen atoms in total. The maximum Gasteiger partial charge on any atom is 0.347 e. The van der Waals surface area contributed by atoms with Crippen molar-refractivity contribution in [1.29, 1.82) is 0 Å². The second-order valence-electron chi connectivity index (χ2n) is 7.46. The molecule has 0 fully saturated rings. The molecule has 1 aromatic heterocycles. The second-order valence-corrected chi connectivity index (χ2v) is 7.86. The number of carbonyl (C=O) groups excluding carboxylic acids is 1. The van der Waals surface area contributed by atoms with Crippen molar-refractivity contribution < 1.29 is 18.7 Å². The van der Waals surface area contributed by atoms with Gasteiger partial charge < -0.3 is 9.47 Å². The molecule has 0 aliphatic heterocycles. The number of hydrogen-bond donors (Lipinski definition) is 0. The molecule has 0 aliphatic carbocycles. The molecule has 3 aromatic rings. The van der Waals surface area contributed by atoms with Crippen LogP contribution in [0.2, 0.25) is 5.02 Å². The monoisotopic (exact) mass is 401 g/mol. The lowest BCUT2D eigenvalue weighted by atomic mass is 10.0. The third kappa shape index (κ3) is 4.60. The molecular weight excluding hydrogens is 381 g/mol. The smallest absolute Gasteiger partial charge is 0.347 e. The van der Waals surface area contributed by atoms with Crippen LogP contribution in [-0.4, -0.2) is 22.7 Å². The van der Waals surface area contributed by atoms with Gasteiger partial charge in [0, 0.05) is 23.2 Å². The molecular formula is C22H21ClFNO3. The van der Waals surface area contributed by atoms with E-state index in [4.69, 9.17) is 21.1 Å². The Balaban J connectivity index is 1.90. The first-order chi connectivity index (χ1) is 13.1. The number of esters is 1. The van der Waals surface area contributed by atoms with Crippen molar-refractivity contribution in [3.63, 3.8) is 0 Å². The Labute approximate surface area is 168 Å². The largest absolute Gasteiger partial charge is 0.479 e. The summed E-state index contributed by atoms with van der Waals surface area (Å²) < 4.78 is 24.4. The standard InChI is InChI=1S/C22H21ClFNO3/c1-13(21(26)28-22(2,3)4)27-15-6-8-18-16(9-10-25-20(18)12-15)17-7-5-14(24)11-19(17)23/h5-13H,1-4H3/t13-/m1/s1. The van der Waals surface area contributed by atoms with Crippen molar-refractivity contribution in [1.82, 2.24) is 4.98 Å². The Hall–Kier alpha value is -2.66. The number of fused-ring (bicyclic) bond motifs is 1. The highest BCUT2D eigenvalue weighted by Crippen LogP contribution is 2.34. The normalized spacial score (nSPS) is 12.6. The molecule has 1 heterocycles.